The topological polar surface area (TPSA) is 140 Å². The average molecular weight is 614 g/mol. The fourth-order valence-electron chi connectivity index (χ4n) is 3.81. The molecule has 0 spiro atoms. The molecule has 0 unspecified atom stereocenters. The zero-order chi connectivity index (χ0) is 28.3. The third kappa shape index (κ3) is 6.21. The van der Waals surface area contributed by atoms with Crippen molar-refractivity contribution in [1.82, 2.24) is 9.88 Å². The summed E-state index contributed by atoms with van der Waals surface area (Å²) in [5, 5.41) is 7.96. The molecule has 1 aromatic carbocycles. The summed E-state index contributed by atoms with van der Waals surface area (Å²) in [6, 6.07) is 5.99. The van der Waals surface area contributed by atoms with E-state index in [1.807, 2.05) is 0 Å². The monoisotopic (exact) mass is 612 g/mol. The molecule has 2 amide bonds. The van der Waals surface area contributed by atoms with Crippen molar-refractivity contribution in [2.45, 2.75) is 19.0 Å². The number of hydrogen-bond acceptors (Lipinski definition) is 10. The first-order valence-electron chi connectivity index (χ1n) is 11.2. The number of aliphatic imine (C=N–C) groups is 1. The summed E-state index contributed by atoms with van der Waals surface area (Å²) in [5.41, 5.74) is 6.82. The minimum Gasteiger partial charge on any atom is -0.494 e. The van der Waals surface area contributed by atoms with Gasteiger partial charge in [0.2, 0.25) is 0 Å². The Morgan fingerprint density at radius 3 is 2.49 bits per heavy atom. The number of thiophene rings is 1. The number of methoxy groups -OCH3 is 3. The third-order valence-corrected chi connectivity index (χ3v) is 7.69. The highest BCUT2D eigenvalue weighted by Gasteiger charge is 2.36. The van der Waals surface area contributed by atoms with Crippen LogP contribution >= 0.6 is 46.1 Å². The van der Waals surface area contributed by atoms with Crippen molar-refractivity contribution in [3.63, 3.8) is 0 Å². The van der Waals surface area contributed by atoms with Crippen LogP contribution in [0.2, 0.25) is 15.1 Å². The van der Waals surface area contributed by atoms with E-state index >= 15 is 0 Å². The molecule has 4 rings (SSSR count). The predicted molar refractivity (Wildman–Crippen MR) is 151 cm³/mol. The lowest BCUT2D eigenvalue weighted by Gasteiger charge is -2.27. The van der Waals surface area contributed by atoms with Gasteiger partial charge in [0, 0.05) is 37.1 Å². The van der Waals surface area contributed by atoms with Gasteiger partial charge in [0.25, 0.3) is 11.8 Å². The Labute approximate surface area is 242 Å². The standard InChI is InChI=1S/C24H23Cl3N6O5S/c1-36-15-7-13(26)6-14(20(34)30-16-5-4-12(25)8-29-16)18(15)31-21(35)19-17(27)11(10-39-19)9-33-23(38-3)22(37-2)32-24(33)28/h4-8,10,22-23H,9H2,1-3H3,(H2,28,32)(H,31,35)(H,29,30,34)/t22-,23+/m0/s1. The normalized spacial score (nSPS) is 16.7. The van der Waals surface area contributed by atoms with E-state index in [0.717, 1.165) is 11.3 Å². The van der Waals surface area contributed by atoms with Crippen LogP contribution in [0.4, 0.5) is 11.5 Å². The summed E-state index contributed by atoms with van der Waals surface area (Å²) in [4.78, 5) is 36.7. The highest BCUT2D eigenvalue weighted by Crippen LogP contribution is 2.36. The van der Waals surface area contributed by atoms with Gasteiger partial charge >= 0.3 is 0 Å². The number of nitrogens with one attached hydrogen (secondary N) is 2. The molecule has 3 heterocycles. The van der Waals surface area contributed by atoms with Crippen molar-refractivity contribution in [2.75, 3.05) is 32.0 Å². The lowest BCUT2D eigenvalue weighted by Crippen LogP contribution is -2.43. The second kappa shape index (κ2) is 12.4. The largest absolute Gasteiger partial charge is 0.494 e. The molecule has 0 saturated heterocycles. The number of pyridine rings is 1. The van der Waals surface area contributed by atoms with E-state index in [2.05, 4.69) is 20.6 Å². The van der Waals surface area contributed by atoms with Crippen molar-refractivity contribution in [3.05, 3.63) is 66.9 Å². The third-order valence-electron chi connectivity index (χ3n) is 5.67. The number of aromatic nitrogens is 1. The molecule has 2 atom stereocenters. The highest BCUT2D eigenvalue weighted by molar-refractivity contribution is 7.13. The maximum absolute atomic E-state index is 13.4. The second-order valence-corrected chi connectivity index (χ2v) is 10.2. The number of anilines is 2. The molecule has 4 N–H and O–H groups in total. The second-order valence-electron chi connectivity index (χ2n) is 8.07. The van der Waals surface area contributed by atoms with E-state index < -0.39 is 24.3 Å². The SMILES string of the molecule is COc1cc(Cl)cc(C(=O)Nc2ccc(Cl)cn2)c1NC(=O)c1scc(CN2C(N)=N[C@@H](OC)[C@H]2OC)c1Cl. The smallest absolute Gasteiger partial charge is 0.267 e. The minimum absolute atomic E-state index is 0.0481. The van der Waals surface area contributed by atoms with Crippen LogP contribution in [0.25, 0.3) is 0 Å². The molecule has 15 heteroatoms. The Morgan fingerprint density at radius 2 is 1.85 bits per heavy atom. The number of benzene rings is 1. The summed E-state index contributed by atoms with van der Waals surface area (Å²) in [7, 11) is 4.41. The van der Waals surface area contributed by atoms with Crippen LogP contribution in [0.3, 0.4) is 0 Å². The van der Waals surface area contributed by atoms with Crippen LogP contribution in [0, 0.1) is 0 Å². The van der Waals surface area contributed by atoms with Gasteiger partial charge in [-0.1, -0.05) is 34.8 Å². The van der Waals surface area contributed by atoms with Crippen molar-refractivity contribution in [2.24, 2.45) is 10.7 Å². The van der Waals surface area contributed by atoms with Gasteiger partial charge in [-0.3, -0.25) is 9.59 Å². The molecule has 11 nitrogen and oxygen atoms in total. The molecular weight excluding hydrogens is 591 g/mol. The fourth-order valence-corrected chi connectivity index (χ4v) is 5.38. The first-order chi connectivity index (χ1) is 18.7. The summed E-state index contributed by atoms with van der Waals surface area (Å²) in [6.45, 7) is 0.225. The highest BCUT2D eigenvalue weighted by atomic mass is 35.5. The van der Waals surface area contributed by atoms with E-state index in [1.165, 1.54) is 45.7 Å². The van der Waals surface area contributed by atoms with Gasteiger partial charge in [0.15, 0.2) is 18.4 Å². The van der Waals surface area contributed by atoms with E-state index in [0.29, 0.717) is 10.6 Å². The molecule has 206 valence electrons. The molecule has 1 aliphatic heterocycles. The molecule has 0 radical (unpaired) electrons. The first kappa shape index (κ1) is 28.9. The first-order valence-corrected chi connectivity index (χ1v) is 13.2. The summed E-state index contributed by atoms with van der Waals surface area (Å²) in [6.07, 6.45) is 0.235. The van der Waals surface area contributed by atoms with Crippen molar-refractivity contribution >= 4 is 75.4 Å². The summed E-state index contributed by atoms with van der Waals surface area (Å²) in [5.74, 6) is -0.495. The average Bonchev–Trinajstić information content (AvgIpc) is 3.44. The Morgan fingerprint density at radius 1 is 1.08 bits per heavy atom. The fraction of sp³-hybridized carbons (Fsp3) is 0.250. The van der Waals surface area contributed by atoms with E-state index in [-0.39, 0.29) is 50.2 Å². The number of nitrogens with zero attached hydrogens (tertiary/aromatic N) is 3. The molecule has 0 fully saturated rings. The van der Waals surface area contributed by atoms with Gasteiger partial charge in [-0.2, -0.15) is 0 Å². The maximum atomic E-state index is 13.4. The van der Waals surface area contributed by atoms with Gasteiger partial charge in [-0.15, -0.1) is 11.3 Å². The van der Waals surface area contributed by atoms with Crippen LogP contribution in [-0.2, 0) is 16.0 Å². The number of hydrogen-bond donors (Lipinski definition) is 3. The summed E-state index contributed by atoms with van der Waals surface area (Å²) >= 11 is 19.8. The van der Waals surface area contributed by atoms with Gasteiger partial charge < -0.3 is 35.5 Å². The Hall–Kier alpha value is -3.13. The van der Waals surface area contributed by atoms with Crippen molar-refractivity contribution in [3.8, 4) is 5.75 Å². The molecule has 0 bridgehead atoms. The number of amides is 2. The Balaban J connectivity index is 1.58. The lowest BCUT2D eigenvalue weighted by atomic mass is 10.1. The minimum atomic E-state index is -0.597. The molecular formula is C24H23Cl3N6O5S. The van der Waals surface area contributed by atoms with Gasteiger partial charge in [0.1, 0.15) is 16.4 Å². The number of rotatable bonds is 9. The number of nitrogens with two attached hydrogens (primary N) is 1. The van der Waals surface area contributed by atoms with Crippen LogP contribution in [0.5, 0.6) is 5.75 Å². The number of carbonyl (C=O) groups excluding carboxylic acids is 2. The number of halogens is 3. The van der Waals surface area contributed by atoms with Gasteiger partial charge in [-0.05, 0) is 23.6 Å². The van der Waals surface area contributed by atoms with Crippen LogP contribution in [-0.4, -0.2) is 61.4 Å². The Kier molecular flexibility index (Phi) is 9.15. The molecule has 3 aromatic rings. The lowest BCUT2D eigenvalue weighted by molar-refractivity contribution is -0.0785. The summed E-state index contributed by atoms with van der Waals surface area (Å²) < 4.78 is 16.2. The molecule has 0 saturated carbocycles. The molecule has 2 aromatic heterocycles. The Bertz CT molecular complexity index is 1420. The number of ether oxygens (including phenoxy) is 3. The predicted octanol–water partition coefficient (Wildman–Crippen LogP) is 4.69. The molecule has 1 aliphatic rings. The zero-order valence-corrected chi connectivity index (χ0v) is 23.9. The van der Waals surface area contributed by atoms with E-state index in [1.54, 1.807) is 16.3 Å². The molecule has 39 heavy (non-hydrogen) atoms. The maximum Gasteiger partial charge on any atom is 0.267 e. The van der Waals surface area contributed by atoms with Gasteiger partial charge in [-0.25, -0.2) is 9.98 Å². The zero-order valence-electron chi connectivity index (χ0n) is 20.8. The quantitative estimate of drug-likeness (QED) is 0.316. The van der Waals surface area contributed by atoms with E-state index in [9.17, 15) is 9.59 Å². The van der Waals surface area contributed by atoms with Crippen LogP contribution in [0.1, 0.15) is 25.6 Å². The van der Waals surface area contributed by atoms with Gasteiger partial charge in [0.05, 0.1) is 35.0 Å². The van der Waals surface area contributed by atoms with Crippen molar-refractivity contribution in [1.29, 1.82) is 0 Å². The van der Waals surface area contributed by atoms with Crippen LogP contribution < -0.4 is 21.1 Å². The number of guanidine groups is 1. The van der Waals surface area contributed by atoms with Crippen LogP contribution in [0.15, 0.2) is 40.8 Å². The molecule has 0 aliphatic carbocycles. The van der Waals surface area contributed by atoms with Crippen molar-refractivity contribution < 1.29 is 23.8 Å². The van der Waals surface area contributed by atoms with E-state index in [4.69, 9.17) is 54.7 Å². The number of carbonyl (C=O) groups is 2.